The van der Waals surface area contributed by atoms with Crippen molar-refractivity contribution in [1.29, 1.82) is 0 Å². The number of aromatic nitrogens is 1. The number of aryl methyl sites for hydroxylation is 1. The van der Waals surface area contributed by atoms with Gasteiger partial charge in [0.1, 0.15) is 11.8 Å². The van der Waals surface area contributed by atoms with Crippen LogP contribution in [-0.4, -0.2) is 10.5 Å². The van der Waals surface area contributed by atoms with Crippen molar-refractivity contribution in [2.75, 3.05) is 0 Å². The molecule has 0 unspecified atom stereocenters. The lowest BCUT2D eigenvalue weighted by molar-refractivity contribution is 0.421. The zero-order chi connectivity index (χ0) is 15.0. The Morgan fingerprint density at radius 1 is 1.19 bits per heavy atom. The highest BCUT2D eigenvalue weighted by Crippen LogP contribution is 2.28. The molecule has 0 aliphatic carbocycles. The third-order valence-electron chi connectivity index (χ3n) is 3.23. The fourth-order valence-electron chi connectivity index (χ4n) is 2.13. The average Bonchev–Trinajstić information content (AvgIpc) is 3.00. The van der Waals surface area contributed by atoms with Crippen LogP contribution in [-0.2, 0) is 6.54 Å². The minimum Gasteiger partial charge on any atom is -0.451 e. The van der Waals surface area contributed by atoms with Crippen molar-refractivity contribution < 1.29 is 8.83 Å². The number of oxazole rings is 1. The van der Waals surface area contributed by atoms with Gasteiger partial charge in [-0.05, 0) is 45.9 Å². The van der Waals surface area contributed by atoms with E-state index in [-0.39, 0.29) is 5.54 Å². The molecule has 0 aliphatic heterocycles. The Morgan fingerprint density at radius 2 is 2.00 bits per heavy atom. The van der Waals surface area contributed by atoms with E-state index in [0.717, 1.165) is 16.7 Å². The largest absolute Gasteiger partial charge is 0.451 e. The first-order valence-corrected chi connectivity index (χ1v) is 7.11. The Bertz CT molecular complexity index is 763. The molecule has 0 radical (unpaired) electrons. The van der Waals surface area contributed by atoms with Crippen LogP contribution >= 0.6 is 0 Å². The Hall–Kier alpha value is -2.07. The molecule has 3 rings (SSSR count). The van der Waals surface area contributed by atoms with Crippen LogP contribution in [0.25, 0.3) is 22.6 Å². The van der Waals surface area contributed by atoms with Gasteiger partial charge < -0.3 is 14.2 Å². The number of nitrogens with zero attached hydrogens (tertiary/aromatic N) is 1. The maximum Gasteiger partial charge on any atom is 0.263 e. The fraction of sp³-hybridized carbons (Fsp3) is 0.353. The van der Waals surface area contributed by atoms with E-state index in [2.05, 4.69) is 44.1 Å². The van der Waals surface area contributed by atoms with Crippen molar-refractivity contribution in [1.82, 2.24) is 10.3 Å². The van der Waals surface area contributed by atoms with Gasteiger partial charge in [0.2, 0.25) is 0 Å². The zero-order valence-corrected chi connectivity index (χ0v) is 12.9. The summed E-state index contributed by atoms with van der Waals surface area (Å²) in [6.45, 7) is 9.10. The number of benzene rings is 1. The molecular formula is C17H20N2O2. The molecule has 0 spiro atoms. The summed E-state index contributed by atoms with van der Waals surface area (Å²) in [5.41, 5.74) is 2.98. The van der Waals surface area contributed by atoms with Gasteiger partial charge in [-0.2, -0.15) is 0 Å². The van der Waals surface area contributed by atoms with Crippen LogP contribution in [0.5, 0.6) is 0 Å². The van der Waals surface area contributed by atoms with Gasteiger partial charge >= 0.3 is 0 Å². The fourth-order valence-corrected chi connectivity index (χ4v) is 2.13. The minimum absolute atomic E-state index is 0.0516. The average molecular weight is 284 g/mol. The van der Waals surface area contributed by atoms with E-state index >= 15 is 0 Å². The normalized spacial score (nSPS) is 12.2. The molecule has 4 heteroatoms. The number of furan rings is 1. The van der Waals surface area contributed by atoms with Gasteiger partial charge in [-0.1, -0.05) is 11.6 Å². The molecule has 110 valence electrons. The highest BCUT2D eigenvalue weighted by atomic mass is 16.4. The summed E-state index contributed by atoms with van der Waals surface area (Å²) < 4.78 is 11.3. The molecule has 1 N–H and O–H groups in total. The lowest BCUT2D eigenvalue weighted by atomic mass is 10.1. The van der Waals surface area contributed by atoms with Crippen molar-refractivity contribution >= 4 is 11.0 Å². The molecule has 2 aromatic heterocycles. The Kier molecular flexibility index (Phi) is 3.33. The summed E-state index contributed by atoms with van der Waals surface area (Å²) >= 11 is 0. The van der Waals surface area contributed by atoms with Gasteiger partial charge in [-0.25, -0.2) is 4.98 Å². The molecule has 0 saturated carbocycles. The van der Waals surface area contributed by atoms with Crippen LogP contribution in [0.2, 0.25) is 0 Å². The molecule has 1 aromatic carbocycles. The highest BCUT2D eigenvalue weighted by Gasteiger charge is 2.14. The van der Waals surface area contributed by atoms with Crippen LogP contribution in [0.15, 0.2) is 39.4 Å². The van der Waals surface area contributed by atoms with E-state index in [9.17, 15) is 0 Å². The van der Waals surface area contributed by atoms with E-state index in [0.29, 0.717) is 18.2 Å². The monoisotopic (exact) mass is 284 g/mol. The van der Waals surface area contributed by atoms with Crippen LogP contribution in [0.3, 0.4) is 0 Å². The predicted molar refractivity (Wildman–Crippen MR) is 83.0 cm³/mol. The Labute approximate surface area is 124 Å². The van der Waals surface area contributed by atoms with Gasteiger partial charge in [-0.3, -0.25) is 0 Å². The van der Waals surface area contributed by atoms with Gasteiger partial charge in [0.15, 0.2) is 5.76 Å². The summed E-state index contributed by atoms with van der Waals surface area (Å²) in [5, 5.41) is 4.45. The maximum absolute atomic E-state index is 5.79. The van der Waals surface area contributed by atoms with Gasteiger partial charge in [0, 0.05) is 17.5 Å². The summed E-state index contributed by atoms with van der Waals surface area (Å²) in [7, 11) is 0. The summed E-state index contributed by atoms with van der Waals surface area (Å²) in [6, 6.07) is 8.06. The summed E-state index contributed by atoms with van der Waals surface area (Å²) in [5.74, 6) is 1.19. The first kappa shape index (κ1) is 13.9. The van der Waals surface area contributed by atoms with E-state index in [1.165, 1.54) is 5.56 Å². The second-order valence-electron chi connectivity index (χ2n) is 6.40. The summed E-state index contributed by atoms with van der Waals surface area (Å²) in [6.07, 6.45) is 1.67. The van der Waals surface area contributed by atoms with E-state index in [1.807, 2.05) is 18.2 Å². The van der Waals surface area contributed by atoms with Gasteiger partial charge in [0.25, 0.3) is 5.89 Å². The molecule has 0 atom stereocenters. The SMILES string of the molecule is Cc1ccc2oc(-c3nc(CNC(C)(C)C)co3)cc2c1. The molecule has 4 nitrogen and oxygen atoms in total. The van der Waals surface area contributed by atoms with Crippen LogP contribution in [0.1, 0.15) is 32.0 Å². The topological polar surface area (TPSA) is 51.2 Å². The maximum atomic E-state index is 5.79. The van der Waals surface area contributed by atoms with Gasteiger partial charge in [-0.15, -0.1) is 0 Å². The molecule has 2 heterocycles. The second kappa shape index (κ2) is 5.04. The number of hydrogen-bond donors (Lipinski definition) is 1. The third-order valence-corrected chi connectivity index (χ3v) is 3.23. The first-order valence-electron chi connectivity index (χ1n) is 7.11. The van der Waals surface area contributed by atoms with Crippen LogP contribution in [0.4, 0.5) is 0 Å². The molecule has 0 saturated heterocycles. The molecule has 0 fully saturated rings. The molecule has 21 heavy (non-hydrogen) atoms. The Balaban J connectivity index is 1.84. The van der Waals surface area contributed by atoms with Gasteiger partial charge in [0.05, 0.1) is 5.69 Å². The third kappa shape index (κ3) is 3.16. The molecule has 0 bridgehead atoms. The minimum atomic E-state index is 0.0516. The lowest BCUT2D eigenvalue weighted by Gasteiger charge is -2.19. The molecule has 0 amide bonds. The lowest BCUT2D eigenvalue weighted by Crippen LogP contribution is -2.35. The predicted octanol–water partition coefficient (Wildman–Crippen LogP) is 4.28. The highest BCUT2D eigenvalue weighted by molar-refractivity contribution is 5.82. The van der Waals surface area contributed by atoms with E-state index < -0.39 is 0 Å². The van der Waals surface area contributed by atoms with Crippen molar-refractivity contribution in [2.45, 2.75) is 39.8 Å². The number of fused-ring (bicyclic) bond motifs is 1. The van der Waals surface area contributed by atoms with Crippen molar-refractivity contribution in [3.63, 3.8) is 0 Å². The Morgan fingerprint density at radius 3 is 2.76 bits per heavy atom. The number of hydrogen-bond acceptors (Lipinski definition) is 4. The smallest absolute Gasteiger partial charge is 0.263 e. The molecule has 0 aliphatic rings. The number of nitrogens with one attached hydrogen (secondary N) is 1. The van der Waals surface area contributed by atoms with Crippen molar-refractivity contribution in [2.24, 2.45) is 0 Å². The second-order valence-corrected chi connectivity index (χ2v) is 6.40. The first-order chi connectivity index (χ1) is 9.90. The number of rotatable bonds is 3. The van der Waals surface area contributed by atoms with Crippen molar-refractivity contribution in [3.05, 3.63) is 41.8 Å². The quantitative estimate of drug-likeness (QED) is 0.779. The van der Waals surface area contributed by atoms with E-state index in [1.54, 1.807) is 6.26 Å². The van der Waals surface area contributed by atoms with E-state index in [4.69, 9.17) is 8.83 Å². The van der Waals surface area contributed by atoms with Crippen LogP contribution in [0, 0.1) is 6.92 Å². The summed E-state index contributed by atoms with van der Waals surface area (Å²) in [4.78, 5) is 4.48. The zero-order valence-electron chi connectivity index (χ0n) is 12.9. The molecule has 3 aromatic rings. The molecular weight excluding hydrogens is 264 g/mol. The van der Waals surface area contributed by atoms with Crippen molar-refractivity contribution in [3.8, 4) is 11.7 Å². The standard InChI is InChI=1S/C17H20N2O2/c1-11-5-6-14-12(7-11)8-15(21-14)16-19-13(10-20-16)9-18-17(2,3)4/h5-8,10,18H,9H2,1-4H3. The van der Waals surface area contributed by atoms with Crippen LogP contribution < -0.4 is 5.32 Å².